The van der Waals surface area contributed by atoms with Gasteiger partial charge in [-0.2, -0.15) is 0 Å². The van der Waals surface area contributed by atoms with Gasteiger partial charge in [-0.05, 0) is 23.3 Å². The summed E-state index contributed by atoms with van der Waals surface area (Å²) in [5.41, 5.74) is 1.37. The fourth-order valence-electron chi connectivity index (χ4n) is 2.86. The predicted octanol–water partition coefficient (Wildman–Crippen LogP) is 6.90. The molecule has 0 saturated heterocycles. The number of hydrogen-bond donors (Lipinski definition) is 0. The van der Waals surface area contributed by atoms with Gasteiger partial charge in [-0.3, -0.25) is 4.79 Å². The smallest absolute Gasteiger partial charge is 0.224 e. The zero-order chi connectivity index (χ0) is 18.6. The molecule has 0 heterocycles. The van der Waals surface area contributed by atoms with Crippen molar-refractivity contribution in [3.05, 3.63) is 106 Å². The topological polar surface area (TPSA) is 34.1 Å². The van der Waals surface area contributed by atoms with Crippen molar-refractivity contribution in [2.75, 3.05) is 0 Å². The Balaban J connectivity index is 2.05. The van der Waals surface area contributed by atoms with E-state index in [4.69, 9.17) is 23.2 Å². The molecule has 0 atom stereocenters. The van der Waals surface area contributed by atoms with Gasteiger partial charge in [0.05, 0.1) is 15.6 Å². The lowest BCUT2D eigenvalue weighted by Gasteiger charge is -2.19. The fourth-order valence-corrected chi connectivity index (χ4v) is 6.21. The highest BCUT2D eigenvalue weighted by atomic mass is 35.5. The van der Waals surface area contributed by atoms with E-state index in [1.807, 2.05) is 60.7 Å². The van der Waals surface area contributed by atoms with Crippen LogP contribution in [0.3, 0.4) is 0 Å². The molecule has 0 aromatic heterocycles. The molecule has 0 aliphatic heterocycles. The Labute approximate surface area is 163 Å². The van der Waals surface area contributed by atoms with Crippen LogP contribution in [0, 0.1) is 0 Å². The van der Waals surface area contributed by atoms with E-state index in [1.165, 1.54) is 0 Å². The molecule has 0 unspecified atom stereocenters. The second-order valence-corrected chi connectivity index (χ2v) is 9.71. The molecule has 0 N–H and O–H groups in total. The fraction of sp³-hybridized carbons (Fsp3) is 0.0952. The van der Waals surface area contributed by atoms with Crippen LogP contribution in [0.1, 0.15) is 21.5 Å². The van der Waals surface area contributed by atoms with Crippen LogP contribution in [0.4, 0.5) is 0 Å². The summed E-state index contributed by atoms with van der Waals surface area (Å²) in [6.45, 7) is 0. The first-order valence-corrected chi connectivity index (χ1v) is 11.0. The normalized spacial score (nSPS) is 11.3. The third-order valence-electron chi connectivity index (χ3n) is 4.11. The quantitative estimate of drug-likeness (QED) is 0.420. The Morgan fingerprint density at radius 3 is 1.54 bits per heavy atom. The van der Waals surface area contributed by atoms with E-state index in [9.17, 15) is 9.36 Å². The Hall–Kier alpha value is -1.86. The number of carbonyl (C=O) groups is 1. The van der Waals surface area contributed by atoms with Crippen LogP contribution in [0.5, 0.6) is 0 Å². The minimum Gasteiger partial charge on any atom is -0.314 e. The van der Waals surface area contributed by atoms with Crippen molar-refractivity contribution >= 4 is 35.9 Å². The van der Waals surface area contributed by atoms with Crippen molar-refractivity contribution in [2.24, 2.45) is 0 Å². The Morgan fingerprint density at radius 2 is 1.12 bits per heavy atom. The van der Waals surface area contributed by atoms with E-state index >= 15 is 0 Å². The molecule has 0 aliphatic carbocycles. The highest BCUT2D eigenvalue weighted by Crippen LogP contribution is 2.56. The average molecular weight is 403 g/mol. The SMILES string of the molecule is O=C(c1c(Cl)cccc1Cl)P(=O)(Cc1ccccc1)Cc1ccccc1. The summed E-state index contributed by atoms with van der Waals surface area (Å²) in [7, 11) is -3.34. The van der Waals surface area contributed by atoms with Gasteiger partial charge in [0.2, 0.25) is 5.52 Å². The highest BCUT2D eigenvalue weighted by molar-refractivity contribution is 7.79. The van der Waals surface area contributed by atoms with E-state index in [-0.39, 0.29) is 27.9 Å². The van der Waals surface area contributed by atoms with Gasteiger partial charge in [0.15, 0.2) is 7.14 Å². The lowest BCUT2D eigenvalue weighted by atomic mass is 10.2. The zero-order valence-corrected chi connectivity index (χ0v) is 16.3. The summed E-state index contributed by atoms with van der Waals surface area (Å²) in [6.07, 6.45) is 0.340. The Morgan fingerprint density at radius 1 is 0.692 bits per heavy atom. The van der Waals surface area contributed by atoms with Gasteiger partial charge >= 0.3 is 0 Å². The van der Waals surface area contributed by atoms with E-state index in [0.29, 0.717) is 0 Å². The van der Waals surface area contributed by atoms with Gasteiger partial charge in [0.1, 0.15) is 0 Å². The van der Waals surface area contributed by atoms with E-state index < -0.39 is 12.7 Å². The van der Waals surface area contributed by atoms with Crippen LogP contribution < -0.4 is 0 Å². The summed E-state index contributed by atoms with van der Waals surface area (Å²) >= 11 is 12.4. The van der Waals surface area contributed by atoms with Gasteiger partial charge in [-0.1, -0.05) is 89.9 Å². The molecule has 3 rings (SSSR count). The summed E-state index contributed by atoms with van der Waals surface area (Å²) in [4.78, 5) is 13.3. The number of benzene rings is 3. The van der Waals surface area contributed by atoms with Crippen molar-refractivity contribution in [1.29, 1.82) is 0 Å². The maximum absolute atomic E-state index is 13.9. The number of rotatable bonds is 6. The molecule has 0 aliphatic rings. The van der Waals surface area contributed by atoms with Crippen LogP contribution in [-0.2, 0) is 16.9 Å². The van der Waals surface area contributed by atoms with Crippen LogP contribution in [0.15, 0.2) is 78.9 Å². The highest BCUT2D eigenvalue weighted by Gasteiger charge is 2.35. The molecular formula is C21H17Cl2O2P. The molecule has 0 amide bonds. The molecule has 0 spiro atoms. The summed E-state index contributed by atoms with van der Waals surface area (Å²) in [5.74, 6) is 0. The Bertz CT molecular complexity index is 891. The number of hydrogen-bond acceptors (Lipinski definition) is 2. The van der Waals surface area contributed by atoms with Gasteiger partial charge in [0, 0.05) is 12.3 Å². The molecule has 3 aromatic rings. The average Bonchev–Trinajstić information content (AvgIpc) is 2.63. The standard InChI is InChI=1S/C21H17Cl2O2P/c22-18-12-7-13-19(23)20(18)21(24)26(25,14-16-8-3-1-4-9-16)15-17-10-5-2-6-11-17/h1-13H,14-15H2. The lowest BCUT2D eigenvalue weighted by molar-refractivity contribution is 0.107. The first kappa shape index (κ1) is 18.9. The molecule has 5 heteroatoms. The largest absolute Gasteiger partial charge is 0.314 e. The first-order chi connectivity index (χ1) is 12.5. The van der Waals surface area contributed by atoms with Gasteiger partial charge in [-0.15, -0.1) is 0 Å². The molecule has 26 heavy (non-hydrogen) atoms. The van der Waals surface area contributed by atoms with E-state index in [1.54, 1.807) is 18.2 Å². The maximum Gasteiger partial charge on any atom is 0.224 e. The summed E-state index contributed by atoms with van der Waals surface area (Å²) < 4.78 is 13.9. The van der Waals surface area contributed by atoms with Crippen molar-refractivity contribution < 1.29 is 9.36 Å². The van der Waals surface area contributed by atoms with Crippen molar-refractivity contribution in [2.45, 2.75) is 12.3 Å². The van der Waals surface area contributed by atoms with Crippen LogP contribution >= 0.6 is 30.3 Å². The third-order valence-corrected chi connectivity index (χ3v) is 7.45. The monoisotopic (exact) mass is 402 g/mol. The van der Waals surface area contributed by atoms with Crippen molar-refractivity contribution in [1.82, 2.24) is 0 Å². The minimum atomic E-state index is -3.34. The summed E-state index contributed by atoms with van der Waals surface area (Å²) in [5, 5.41) is 0.452. The second kappa shape index (κ2) is 8.22. The summed E-state index contributed by atoms with van der Waals surface area (Å²) in [6, 6.07) is 23.6. The molecule has 0 radical (unpaired) electrons. The molecule has 132 valence electrons. The number of carbonyl (C=O) groups excluding carboxylic acids is 1. The Kier molecular flexibility index (Phi) is 5.98. The molecular weight excluding hydrogens is 386 g/mol. The minimum absolute atomic E-state index is 0.144. The number of halogens is 2. The molecule has 0 bridgehead atoms. The van der Waals surface area contributed by atoms with Gasteiger partial charge < -0.3 is 4.57 Å². The van der Waals surface area contributed by atoms with Crippen molar-refractivity contribution in [3.63, 3.8) is 0 Å². The third kappa shape index (κ3) is 4.27. The van der Waals surface area contributed by atoms with Crippen molar-refractivity contribution in [3.8, 4) is 0 Å². The van der Waals surface area contributed by atoms with E-state index in [0.717, 1.165) is 11.1 Å². The second-order valence-electron chi connectivity index (χ2n) is 6.08. The molecule has 2 nitrogen and oxygen atoms in total. The van der Waals surface area contributed by atoms with Crippen LogP contribution in [0.2, 0.25) is 10.0 Å². The molecule has 3 aromatic carbocycles. The van der Waals surface area contributed by atoms with E-state index in [2.05, 4.69) is 0 Å². The molecule has 0 fully saturated rings. The van der Waals surface area contributed by atoms with Crippen LogP contribution in [0.25, 0.3) is 0 Å². The first-order valence-electron chi connectivity index (χ1n) is 8.14. The van der Waals surface area contributed by atoms with Gasteiger partial charge in [-0.25, -0.2) is 0 Å². The maximum atomic E-state index is 13.9. The van der Waals surface area contributed by atoms with Gasteiger partial charge in [0.25, 0.3) is 0 Å². The molecule has 0 saturated carbocycles. The predicted molar refractivity (Wildman–Crippen MR) is 109 cm³/mol. The van der Waals surface area contributed by atoms with Crippen LogP contribution in [-0.4, -0.2) is 5.52 Å². The zero-order valence-electron chi connectivity index (χ0n) is 13.9. The lowest BCUT2D eigenvalue weighted by Crippen LogP contribution is -2.08.